The van der Waals surface area contributed by atoms with E-state index in [0.717, 1.165) is 6.54 Å². The van der Waals surface area contributed by atoms with Crippen LogP contribution in [-0.4, -0.2) is 59.9 Å². The second kappa shape index (κ2) is 6.17. The Hall–Kier alpha value is -2.03. The van der Waals surface area contributed by atoms with E-state index < -0.39 is 10.8 Å². The van der Waals surface area contributed by atoms with Gasteiger partial charge in [0, 0.05) is 54.3 Å². The van der Waals surface area contributed by atoms with Crippen molar-refractivity contribution in [1.29, 1.82) is 0 Å². The van der Waals surface area contributed by atoms with Gasteiger partial charge in [0.2, 0.25) is 17.8 Å². The lowest BCUT2D eigenvalue weighted by Gasteiger charge is -2.26. The van der Waals surface area contributed by atoms with E-state index >= 15 is 0 Å². The standard InChI is InChI=1S/C12H17N7OS/c1-2-14-10-15-11(18-5-7-21(20)8-6-18)17-12(16-10)19-4-3-13-9-19/h3-4,9H,2,5-8H2,1H3,(H,14,15,16,17). The molecule has 0 aliphatic carbocycles. The molecule has 0 bridgehead atoms. The molecule has 2 aromatic heterocycles. The molecule has 0 aromatic carbocycles. The summed E-state index contributed by atoms with van der Waals surface area (Å²) in [5.74, 6) is 2.99. The van der Waals surface area contributed by atoms with Gasteiger partial charge in [-0.15, -0.1) is 0 Å². The van der Waals surface area contributed by atoms with E-state index in [1.165, 1.54) is 0 Å². The molecule has 2 aromatic rings. The molecular weight excluding hydrogens is 290 g/mol. The molecule has 3 rings (SSSR count). The Morgan fingerprint density at radius 1 is 1.24 bits per heavy atom. The molecule has 1 N–H and O–H groups in total. The van der Waals surface area contributed by atoms with Crippen LogP contribution in [0.3, 0.4) is 0 Å². The second-order valence-corrected chi connectivity index (χ2v) is 6.29. The Bertz CT molecular complexity index is 621. The van der Waals surface area contributed by atoms with Gasteiger partial charge in [-0.2, -0.15) is 15.0 Å². The number of nitrogens with one attached hydrogen (secondary N) is 1. The zero-order chi connectivity index (χ0) is 14.7. The Kier molecular flexibility index (Phi) is 4.09. The Balaban J connectivity index is 1.93. The number of nitrogens with zero attached hydrogens (tertiary/aromatic N) is 6. The number of anilines is 2. The minimum Gasteiger partial charge on any atom is -0.354 e. The molecule has 0 unspecified atom stereocenters. The maximum atomic E-state index is 11.5. The summed E-state index contributed by atoms with van der Waals surface area (Å²) in [6.45, 7) is 4.12. The molecule has 1 aliphatic heterocycles. The summed E-state index contributed by atoms with van der Waals surface area (Å²) in [5, 5.41) is 3.12. The van der Waals surface area contributed by atoms with Crippen LogP contribution < -0.4 is 10.2 Å². The van der Waals surface area contributed by atoms with E-state index in [2.05, 4.69) is 25.3 Å². The van der Waals surface area contributed by atoms with Crippen LogP contribution in [0, 0.1) is 0 Å². The lowest BCUT2D eigenvalue weighted by atomic mass is 10.5. The largest absolute Gasteiger partial charge is 0.354 e. The van der Waals surface area contributed by atoms with Gasteiger partial charge in [-0.25, -0.2) is 4.98 Å². The highest BCUT2D eigenvalue weighted by molar-refractivity contribution is 7.85. The summed E-state index contributed by atoms with van der Waals surface area (Å²) >= 11 is 0. The highest BCUT2D eigenvalue weighted by Crippen LogP contribution is 2.15. The lowest BCUT2D eigenvalue weighted by molar-refractivity contribution is 0.670. The number of rotatable bonds is 4. The minimum atomic E-state index is -0.722. The zero-order valence-corrected chi connectivity index (χ0v) is 12.6. The summed E-state index contributed by atoms with van der Waals surface area (Å²) in [4.78, 5) is 19.4. The molecule has 0 atom stereocenters. The van der Waals surface area contributed by atoms with E-state index in [1.54, 1.807) is 23.3 Å². The first-order chi connectivity index (χ1) is 10.3. The summed E-state index contributed by atoms with van der Waals surface area (Å²) in [6.07, 6.45) is 5.13. The molecule has 1 aliphatic rings. The van der Waals surface area contributed by atoms with Gasteiger partial charge in [-0.05, 0) is 6.92 Å². The molecule has 0 spiro atoms. The second-order valence-electron chi connectivity index (χ2n) is 4.59. The van der Waals surface area contributed by atoms with Crippen LogP contribution in [0.1, 0.15) is 6.92 Å². The van der Waals surface area contributed by atoms with Crippen LogP contribution in [0.25, 0.3) is 5.95 Å². The third-order valence-corrected chi connectivity index (χ3v) is 4.42. The number of hydrogen-bond donors (Lipinski definition) is 1. The molecule has 112 valence electrons. The third-order valence-electron chi connectivity index (χ3n) is 3.14. The molecular formula is C12H17N7OS. The fourth-order valence-electron chi connectivity index (χ4n) is 2.06. The van der Waals surface area contributed by atoms with Gasteiger partial charge >= 0.3 is 0 Å². The summed E-state index contributed by atoms with van der Waals surface area (Å²) in [7, 11) is -0.722. The van der Waals surface area contributed by atoms with Crippen molar-refractivity contribution in [2.24, 2.45) is 0 Å². The van der Waals surface area contributed by atoms with Crippen molar-refractivity contribution in [1.82, 2.24) is 24.5 Å². The van der Waals surface area contributed by atoms with E-state index in [1.807, 2.05) is 11.8 Å². The van der Waals surface area contributed by atoms with Crippen LogP contribution in [0.4, 0.5) is 11.9 Å². The van der Waals surface area contributed by atoms with E-state index in [4.69, 9.17) is 0 Å². The van der Waals surface area contributed by atoms with Crippen LogP contribution in [0.2, 0.25) is 0 Å². The average Bonchev–Trinajstić information content (AvgIpc) is 3.02. The van der Waals surface area contributed by atoms with Crippen molar-refractivity contribution >= 4 is 22.7 Å². The van der Waals surface area contributed by atoms with Crippen molar-refractivity contribution in [3.05, 3.63) is 18.7 Å². The van der Waals surface area contributed by atoms with Crippen molar-refractivity contribution in [2.45, 2.75) is 6.92 Å². The average molecular weight is 307 g/mol. The van der Waals surface area contributed by atoms with Crippen LogP contribution in [0.15, 0.2) is 18.7 Å². The summed E-state index contributed by atoms with van der Waals surface area (Å²) in [6, 6.07) is 0. The first-order valence-corrected chi connectivity index (χ1v) is 8.33. The zero-order valence-electron chi connectivity index (χ0n) is 11.8. The van der Waals surface area contributed by atoms with Gasteiger partial charge in [0.05, 0.1) is 0 Å². The fourth-order valence-corrected chi connectivity index (χ4v) is 3.12. The SMILES string of the molecule is CCNc1nc(N2CCS(=O)CC2)nc(-n2ccnc2)n1. The molecule has 0 radical (unpaired) electrons. The van der Waals surface area contributed by atoms with Gasteiger partial charge in [-0.3, -0.25) is 8.78 Å². The van der Waals surface area contributed by atoms with E-state index in [0.29, 0.717) is 42.4 Å². The van der Waals surface area contributed by atoms with Crippen molar-refractivity contribution < 1.29 is 4.21 Å². The monoisotopic (exact) mass is 307 g/mol. The molecule has 3 heterocycles. The quantitative estimate of drug-likeness (QED) is 0.854. The number of hydrogen-bond acceptors (Lipinski definition) is 7. The van der Waals surface area contributed by atoms with Crippen LogP contribution in [0.5, 0.6) is 0 Å². The Morgan fingerprint density at radius 3 is 2.67 bits per heavy atom. The Morgan fingerprint density at radius 2 is 2.00 bits per heavy atom. The maximum Gasteiger partial charge on any atom is 0.241 e. The van der Waals surface area contributed by atoms with Crippen LogP contribution >= 0.6 is 0 Å². The van der Waals surface area contributed by atoms with Crippen molar-refractivity contribution in [3.63, 3.8) is 0 Å². The van der Waals surface area contributed by atoms with Gasteiger partial charge in [0.25, 0.3) is 0 Å². The molecule has 1 saturated heterocycles. The number of imidazole rings is 1. The lowest BCUT2D eigenvalue weighted by Crippen LogP contribution is -2.39. The van der Waals surface area contributed by atoms with Crippen LogP contribution in [-0.2, 0) is 10.8 Å². The van der Waals surface area contributed by atoms with Gasteiger partial charge in [-0.1, -0.05) is 0 Å². The molecule has 8 nitrogen and oxygen atoms in total. The fraction of sp³-hybridized carbons (Fsp3) is 0.500. The Labute approximate surface area is 125 Å². The summed E-state index contributed by atoms with van der Waals surface area (Å²) in [5.41, 5.74) is 0. The highest BCUT2D eigenvalue weighted by Gasteiger charge is 2.19. The number of aromatic nitrogens is 5. The molecule has 9 heteroatoms. The van der Waals surface area contributed by atoms with Crippen molar-refractivity contribution in [2.75, 3.05) is 41.4 Å². The molecule has 1 fully saturated rings. The van der Waals surface area contributed by atoms with Crippen molar-refractivity contribution in [3.8, 4) is 5.95 Å². The van der Waals surface area contributed by atoms with Gasteiger partial charge in [0.15, 0.2) is 0 Å². The maximum absolute atomic E-state index is 11.5. The summed E-state index contributed by atoms with van der Waals surface area (Å²) < 4.78 is 13.2. The normalized spacial score (nSPS) is 16.1. The van der Waals surface area contributed by atoms with Gasteiger partial charge in [0.1, 0.15) is 6.33 Å². The van der Waals surface area contributed by atoms with E-state index in [9.17, 15) is 4.21 Å². The highest BCUT2D eigenvalue weighted by atomic mass is 32.2. The third kappa shape index (κ3) is 3.18. The van der Waals surface area contributed by atoms with E-state index in [-0.39, 0.29) is 0 Å². The molecule has 0 amide bonds. The predicted molar refractivity (Wildman–Crippen MR) is 81.2 cm³/mol. The molecule has 0 saturated carbocycles. The first kappa shape index (κ1) is 13.9. The minimum absolute atomic E-state index is 0.528. The molecule has 21 heavy (non-hydrogen) atoms. The predicted octanol–water partition coefficient (Wildman–Crippen LogP) is 0.0578. The first-order valence-electron chi connectivity index (χ1n) is 6.84. The smallest absolute Gasteiger partial charge is 0.241 e. The van der Waals surface area contributed by atoms with Gasteiger partial charge < -0.3 is 10.2 Å². The topological polar surface area (TPSA) is 88.8 Å².